The Morgan fingerprint density at radius 3 is 2.81 bits per heavy atom. The van der Waals surface area contributed by atoms with Crippen LogP contribution in [0.3, 0.4) is 0 Å². The fourth-order valence-electron chi connectivity index (χ4n) is 1.48. The largest absolute Gasteiger partial charge is 0.314 e. The summed E-state index contributed by atoms with van der Waals surface area (Å²) in [6, 6.07) is 5.17. The minimum atomic E-state index is -0.609. The van der Waals surface area contributed by atoms with Crippen molar-refractivity contribution in [3.05, 3.63) is 41.6 Å². The van der Waals surface area contributed by atoms with E-state index >= 15 is 0 Å². The Hall–Kier alpha value is -1.75. The number of nitrogens with one attached hydrogen (secondary N) is 2. The summed E-state index contributed by atoms with van der Waals surface area (Å²) in [6.45, 7) is 0.621. The van der Waals surface area contributed by atoms with Gasteiger partial charge in [-0.2, -0.15) is 5.10 Å². The van der Waals surface area contributed by atoms with Gasteiger partial charge in [0.05, 0.1) is 5.69 Å². The average Bonchev–Trinajstić information content (AvgIpc) is 2.67. The highest BCUT2D eigenvalue weighted by atomic mass is 19.1. The lowest BCUT2D eigenvalue weighted by atomic mass is 10.1. The molecule has 0 unspecified atom stereocenters. The normalized spacial score (nSPS) is 10.7. The first-order valence-electron chi connectivity index (χ1n) is 4.85. The summed E-state index contributed by atoms with van der Waals surface area (Å²) < 4.78 is 26.1. The number of hydrogen-bond donors (Lipinski definition) is 2. The zero-order chi connectivity index (χ0) is 11.5. The van der Waals surface area contributed by atoms with Gasteiger partial charge in [0.15, 0.2) is 0 Å². The van der Waals surface area contributed by atoms with Crippen LogP contribution in [0.5, 0.6) is 0 Å². The molecule has 0 spiro atoms. The molecule has 3 nitrogen and oxygen atoms in total. The Morgan fingerprint density at radius 1 is 1.31 bits per heavy atom. The average molecular weight is 223 g/mol. The maximum atomic E-state index is 13.4. The van der Waals surface area contributed by atoms with Crippen LogP contribution in [0.2, 0.25) is 0 Å². The van der Waals surface area contributed by atoms with Crippen molar-refractivity contribution in [2.45, 2.75) is 6.54 Å². The van der Waals surface area contributed by atoms with Crippen molar-refractivity contribution in [2.75, 3.05) is 7.05 Å². The van der Waals surface area contributed by atoms with Gasteiger partial charge in [0.2, 0.25) is 0 Å². The SMILES string of the molecule is CNCc1cc(-c2ccc(F)cc2F)n[nH]1. The smallest absolute Gasteiger partial charge is 0.135 e. The molecule has 16 heavy (non-hydrogen) atoms. The molecule has 84 valence electrons. The molecular weight excluding hydrogens is 212 g/mol. The molecule has 1 heterocycles. The van der Waals surface area contributed by atoms with E-state index in [1.165, 1.54) is 12.1 Å². The molecule has 0 fully saturated rings. The van der Waals surface area contributed by atoms with E-state index in [2.05, 4.69) is 15.5 Å². The number of hydrogen-bond acceptors (Lipinski definition) is 2. The molecule has 1 aromatic carbocycles. The molecule has 0 saturated heterocycles. The van der Waals surface area contributed by atoms with Crippen LogP contribution in [-0.2, 0) is 6.54 Å². The lowest BCUT2D eigenvalue weighted by Gasteiger charge is -1.98. The molecule has 0 amide bonds. The monoisotopic (exact) mass is 223 g/mol. The van der Waals surface area contributed by atoms with E-state index in [1.54, 1.807) is 13.1 Å². The van der Waals surface area contributed by atoms with Crippen LogP contribution in [0, 0.1) is 11.6 Å². The predicted octanol–water partition coefficient (Wildman–Crippen LogP) is 2.07. The highest BCUT2D eigenvalue weighted by molar-refractivity contribution is 5.59. The third-order valence-electron chi connectivity index (χ3n) is 2.21. The molecular formula is C11H11F2N3. The van der Waals surface area contributed by atoms with E-state index in [-0.39, 0.29) is 0 Å². The zero-order valence-electron chi connectivity index (χ0n) is 8.72. The van der Waals surface area contributed by atoms with E-state index < -0.39 is 11.6 Å². The third kappa shape index (κ3) is 2.09. The first kappa shape index (κ1) is 10.8. The van der Waals surface area contributed by atoms with Gasteiger partial charge in [0.25, 0.3) is 0 Å². The van der Waals surface area contributed by atoms with Gasteiger partial charge < -0.3 is 5.32 Å². The van der Waals surface area contributed by atoms with Crippen molar-refractivity contribution in [1.29, 1.82) is 0 Å². The number of aromatic nitrogens is 2. The van der Waals surface area contributed by atoms with Gasteiger partial charge in [-0.05, 0) is 25.2 Å². The van der Waals surface area contributed by atoms with Gasteiger partial charge in [0, 0.05) is 23.9 Å². The lowest BCUT2D eigenvalue weighted by Crippen LogP contribution is -2.04. The summed E-state index contributed by atoms with van der Waals surface area (Å²) in [4.78, 5) is 0. The summed E-state index contributed by atoms with van der Waals surface area (Å²) in [7, 11) is 1.80. The molecule has 5 heteroatoms. The zero-order valence-corrected chi connectivity index (χ0v) is 8.72. The fourth-order valence-corrected chi connectivity index (χ4v) is 1.48. The quantitative estimate of drug-likeness (QED) is 0.836. The summed E-state index contributed by atoms with van der Waals surface area (Å²) in [6.07, 6.45) is 0. The van der Waals surface area contributed by atoms with E-state index in [0.717, 1.165) is 11.8 Å². The summed E-state index contributed by atoms with van der Waals surface area (Å²) >= 11 is 0. The fraction of sp³-hybridized carbons (Fsp3) is 0.182. The van der Waals surface area contributed by atoms with Crippen LogP contribution in [0.4, 0.5) is 8.78 Å². The van der Waals surface area contributed by atoms with Gasteiger partial charge in [0.1, 0.15) is 11.6 Å². The molecule has 0 radical (unpaired) electrons. The molecule has 0 saturated carbocycles. The maximum absolute atomic E-state index is 13.4. The molecule has 0 aliphatic carbocycles. The molecule has 0 aliphatic heterocycles. The molecule has 2 aromatic rings. The summed E-state index contributed by atoms with van der Waals surface area (Å²) in [5.74, 6) is -1.20. The first-order valence-corrected chi connectivity index (χ1v) is 4.85. The number of rotatable bonds is 3. The summed E-state index contributed by atoms with van der Waals surface area (Å²) in [5.41, 5.74) is 1.61. The van der Waals surface area contributed by atoms with Crippen LogP contribution >= 0.6 is 0 Å². The van der Waals surface area contributed by atoms with Gasteiger partial charge in [-0.15, -0.1) is 0 Å². The second kappa shape index (κ2) is 4.40. The van der Waals surface area contributed by atoms with Crippen LogP contribution in [-0.4, -0.2) is 17.2 Å². The molecule has 0 atom stereocenters. The minimum absolute atomic E-state index is 0.292. The highest BCUT2D eigenvalue weighted by Crippen LogP contribution is 2.21. The summed E-state index contributed by atoms with van der Waals surface area (Å²) in [5, 5.41) is 9.69. The van der Waals surface area contributed by atoms with Gasteiger partial charge in [-0.3, -0.25) is 5.10 Å². The second-order valence-electron chi connectivity index (χ2n) is 3.43. The third-order valence-corrected chi connectivity index (χ3v) is 2.21. The predicted molar refractivity (Wildman–Crippen MR) is 56.7 cm³/mol. The van der Waals surface area contributed by atoms with Crippen molar-refractivity contribution >= 4 is 0 Å². The van der Waals surface area contributed by atoms with Crippen molar-refractivity contribution in [3.8, 4) is 11.3 Å². The number of H-pyrrole nitrogens is 1. The van der Waals surface area contributed by atoms with Crippen molar-refractivity contribution in [3.63, 3.8) is 0 Å². The van der Waals surface area contributed by atoms with Gasteiger partial charge >= 0.3 is 0 Å². The standard InChI is InChI=1S/C11H11F2N3/c1-14-6-8-5-11(16-15-8)9-3-2-7(12)4-10(9)13/h2-5,14H,6H2,1H3,(H,15,16). The van der Waals surface area contributed by atoms with E-state index in [0.29, 0.717) is 17.8 Å². The first-order chi connectivity index (χ1) is 7.70. The number of nitrogens with zero attached hydrogens (tertiary/aromatic N) is 1. The van der Waals surface area contributed by atoms with Crippen LogP contribution < -0.4 is 5.32 Å². The van der Waals surface area contributed by atoms with Crippen LogP contribution in [0.25, 0.3) is 11.3 Å². The Morgan fingerprint density at radius 2 is 2.12 bits per heavy atom. The molecule has 0 aliphatic rings. The minimum Gasteiger partial charge on any atom is -0.314 e. The highest BCUT2D eigenvalue weighted by Gasteiger charge is 2.09. The lowest BCUT2D eigenvalue weighted by molar-refractivity contribution is 0.585. The molecule has 2 rings (SSSR count). The van der Waals surface area contributed by atoms with Crippen molar-refractivity contribution in [1.82, 2.24) is 15.5 Å². The van der Waals surface area contributed by atoms with Crippen molar-refractivity contribution in [2.24, 2.45) is 0 Å². The number of aromatic amines is 1. The van der Waals surface area contributed by atoms with E-state index in [1.807, 2.05) is 0 Å². The number of halogens is 2. The van der Waals surface area contributed by atoms with Crippen LogP contribution in [0.15, 0.2) is 24.3 Å². The van der Waals surface area contributed by atoms with E-state index in [9.17, 15) is 8.78 Å². The Kier molecular flexibility index (Phi) is 2.96. The van der Waals surface area contributed by atoms with Gasteiger partial charge in [-0.1, -0.05) is 0 Å². The van der Waals surface area contributed by atoms with Crippen LogP contribution in [0.1, 0.15) is 5.69 Å². The molecule has 2 N–H and O–H groups in total. The number of benzene rings is 1. The maximum Gasteiger partial charge on any atom is 0.135 e. The van der Waals surface area contributed by atoms with E-state index in [4.69, 9.17) is 0 Å². The second-order valence-corrected chi connectivity index (χ2v) is 3.43. The molecule has 0 bridgehead atoms. The van der Waals surface area contributed by atoms with Gasteiger partial charge in [-0.25, -0.2) is 8.78 Å². The Balaban J connectivity index is 2.35. The Bertz CT molecular complexity index is 494. The molecule has 1 aromatic heterocycles. The van der Waals surface area contributed by atoms with Crippen molar-refractivity contribution < 1.29 is 8.78 Å². The Labute approximate surface area is 91.5 Å². The topological polar surface area (TPSA) is 40.7 Å².